The fourth-order valence-corrected chi connectivity index (χ4v) is 3.13. The van der Waals surface area contributed by atoms with E-state index in [0.29, 0.717) is 23.8 Å². The number of amides is 1. The van der Waals surface area contributed by atoms with E-state index in [1.165, 1.54) is 6.42 Å². The Morgan fingerprint density at radius 2 is 2.16 bits per heavy atom. The first-order valence-corrected chi connectivity index (χ1v) is 7.58. The maximum absolute atomic E-state index is 12.3. The van der Waals surface area contributed by atoms with Crippen LogP contribution in [0.25, 0.3) is 0 Å². The molecule has 0 N–H and O–H groups in total. The van der Waals surface area contributed by atoms with Crippen LogP contribution in [0.5, 0.6) is 0 Å². The predicted octanol–water partition coefficient (Wildman–Crippen LogP) is 1.60. The summed E-state index contributed by atoms with van der Waals surface area (Å²) >= 11 is 0. The molecule has 1 atom stereocenters. The van der Waals surface area contributed by atoms with Gasteiger partial charge in [0.1, 0.15) is 0 Å². The van der Waals surface area contributed by atoms with Crippen LogP contribution in [-0.4, -0.2) is 61.6 Å². The van der Waals surface area contributed by atoms with E-state index in [-0.39, 0.29) is 0 Å². The molecule has 110 valence electrons. The molecule has 4 heteroatoms. The van der Waals surface area contributed by atoms with Gasteiger partial charge in [-0.1, -0.05) is 13.8 Å². The largest absolute Gasteiger partial charge is 0.381 e. The van der Waals surface area contributed by atoms with Gasteiger partial charge < -0.3 is 9.64 Å². The summed E-state index contributed by atoms with van der Waals surface area (Å²) < 4.78 is 5.46. The number of likely N-dealkylation sites (tertiary alicyclic amines) is 2. The molecule has 0 radical (unpaired) electrons. The lowest BCUT2D eigenvalue weighted by Gasteiger charge is -2.22. The fourth-order valence-electron chi connectivity index (χ4n) is 3.13. The van der Waals surface area contributed by atoms with Crippen LogP contribution in [0.15, 0.2) is 0 Å². The Labute approximate surface area is 117 Å². The summed E-state index contributed by atoms with van der Waals surface area (Å²) in [5.41, 5.74) is 0.378. The first-order valence-electron chi connectivity index (χ1n) is 7.58. The molecular formula is C15H28N2O2. The van der Waals surface area contributed by atoms with Crippen molar-refractivity contribution in [2.45, 2.75) is 33.6 Å². The molecule has 2 fully saturated rings. The Balaban J connectivity index is 1.73. The summed E-state index contributed by atoms with van der Waals surface area (Å²) in [4.78, 5) is 16.6. The first kappa shape index (κ1) is 14.8. The number of carbonyl (C=O) groups is 1. The Bertz CT molecular complexity index is 317. The molecule has 2 saturated heterocycles. The molecule has 0 aromatic carbocycles. The maximum Gasteiger partial charge on any atom is 0.236 e. The lowest BCUT2D eigenvalue weighted by atomic mass is 9.93. The van der Waals surface area contributed by atoms with Crippen molar-refractivity contribution < 1.29 is 9.53 Å². The molecule has 4 nitrogen and oxygen atoms in total. The van der Waals surface area contributed by atoms with Gasteiger partial charge in [-0.15, -0.1) is 0 Å². The molecule has 2 aliphatic heterocycles. The van der Waals surface area contributed by atoms with Crippen LogP contribution in [0, 0.1) is 11.3 Å². The van der Waals surface area contributed by atoms with Crippen LogP contribution in [0.1, 0.15) is 33.6 Å². The summed E-state index contributed by atoms with van der Waals surface area (Å²) in [6.45, 7) is 12.7. The van der Waals surface area contributed by atoms with E-state index in [0.717, 1.165) is 45.8 Å². The summed E-state index contributed by atoms with van der Waals surface area (Å²) in [5.74, 6) is 0.843. The van der Waals surface area contributed by atoms with Crippen molar-refractivity contribution in [3.05, 3.63) is 0 Å². The minimum absolute atomic E-state index is 0.302. The van der Waals surface area contributed by atoms with Crippen molar-refractivity contribution in [3.63, 3.8) is 0 Å². The van der Waals surface area contributed by atoms with E-state index in [2.05, 4.69) is 18.7 Å². The lowest BCUT2D eigenvalue weighted by molar-refractivity contribution is -0.131. The quantitative estimate of drug-likeness (QED) is 0.759. The van der Waals surface area contributed by atoms with Gasteiger partial charge in [0.05, 0.1) is 13.2 Å². The van der Waals surface area contributed by atoms with Gasteiger partial charge in [0, 0.05) is 32.2 Å². The smallest absolute Gasteiger partial charge is 0.236 e. The molecular weight excluding hydrogens is 240 g/mol. The maximum atomic E-state index is 12.3. The summed E-state index contributed by atoms with van der Waals surface area (Å²) in [5, 5.41) is 0. The highest BCUT2D eigenvalue weighted by molar-refractivity contribution is 5.78. The lowest BCUT2D eigenvalue weighted by Crippen LogP contribution is -2.39. The monoisotopic (exact) mass is 268 g/mol. The number of hydrogen-bond donors (Lipinski definition) is 0. The van der Waals surface area contributed by atoms with Gasteiger partial charge in [-0.05, 0) is 31.7 Å². The minimum Gasteiger partial charge on any atom is -0.381 e. The van der Waals surface area contributed by atoms with Crippen molar-refractivity contribution in [3.8, 4) is 0 Å². The van der Waals surface area contributed by atoms with E-state index in [1.807, 2.05) is 11.8 Å². The van der Waals surface area contributed by atoms with Crippen LogP contribution >= 0.6 is 0 Å². The van der Waals surface area contributed by atoms with Gasteiger partial charge in [-0.2, -0.15) is 0 Å². The molecule has 19 heavy (non-hydrogen) atoms. The predicted molar refractivity (Wildman–Crippen MR) is 76.0 cm³/mol. The molecule has 0 aromatic heterocycles. The molecule has 2 heterocycles. The second-order valence-electron chi connectivity index (χ2n) is 6.78. The van der Waals surface area contributed by atoms with Crippen molar-refractivity contribution >= 4 is 5.91 Å². The third kappa shape index (κ3) is 4.18. The molecule has 0 saturated carbocycles. The number of rotatable bonds is 5. The van der Waals surface area contributed by atoms with Crippen LogP contribution in [0.3, 0.4) is 0 Å². The van der Waals surface area contributed by atoms with Crippen molar-refractivity contribution in [2.75, 3.05) is 45.9 Å². The second-order valence-corrected chi connectivity index (χ2v) is 6.78. The van der Waals surface area contributed by atoms with Crippen LogP contribution in [0.2, 0.25) is 0 Å². The zero-order valence-corrected chi connectivity index (χ0v) is 12.7. The summed E-state index contributed by atoms with van der Waals surface area (Å²) in [7, 11) is 0. The highest BCUT2D eigenvalue weighted by Gasteiger charge is 2.32. The third-order valence-electron chi connectivity index (χ3n) is 4.31. The van der Waals surface area contributed by atoms with Crippen molar-refractivity contribution in [2.24, 2.45) is 11.3 Å². The van der Waals surface area contributed by atoms with Gasteiger partial charge in [-0.3, -0.25) is 9.69 Å². The van der Waals surface area contributed by atoms with Crippen LogP contribution < -0.4 is 0 Å². The Morgan fingerprint density at radius 1 is 1.37 bits per heavy atom. The van der Waals surface area contributed by atoms with Gasteiger partial charge >= 0.3 is 0 Å². The van der Waals surface area contributed by atoms with E-state index < -0.39 is 0 Å². The molecule has 0 spiro atoms. The van der Waals surface area contributed by atoms with E-state index in [1.54, 1.807) is 0 Å². The molecule has 0 bridgehead atoms. The SMILES string of the molecule is CCOC[C@H]1CCN(C(=O)CN2CCC(C)(C)C2)C1. The van der Waals surface area contributed by atoms with Crippen molar-refractivity contribution in [1.82, 2.24) is 9.80 Å². The van der Waals surface area contributed by atoms with E-state index >= 15 is 0 Å². The third-order valence-corrected chi connectivity index (χ3v) is 4.31. The fraction of sp³-hybridized carbons (Fsp3) is 0.933. The molecule has 1 amide bonds. The number of carbonyl (C=O) groups excluding carboxylic acids is 1. The van der Waals surface area contributed by atoms with E-state index in [4.69, 9.17) is 4.74 Å². The van der Waals surface area contributed by atoms with Crippen LogP contribution in [0.4, 0.5) is 0 Å². The molecule has 2 rings (SSSR count). The van der Waals surface area contributed by atoms with Crippen LogP contribution in [-0.2, 0) is 9.53 Å². The Hall–Kier alpha value is -0.610. The molecule has 0 unspecified atom stereocenters. The molecule has 0 aliphatic carbocycles. The zero-order valence-electron chi connectivity index (χ0n) is 12.7. The van der Waals surface area contributed by atoms with Gasteiger partial charge in [0.2, 0.25) is 5.91 Å². The first-order chi connectivity index (χ1) is 9.00. The highest BCUT2D eigenvalue weighted by Crippen LogP contribution is 2.28. The number of nitrogens with zero attached hydrogens (tertiary/aromatic N) is 2. The topological polar surface area (TPSA) is 32.8 Å². The number of hydrogen-bond acceptors (Lipinski definition) is 3. The normalized spacial score (nSPS) is 27.1. The van der Waals surface area contributed by atoms with E-state index in [9.17, 15) is 4.79 Å². The highest BCUT2D eigenvalue weighted by atomic mass is 16.5. The second kappa shape index (κ2) is 6.23. The Kier molecular flexibility index (Phi) is 4.85. The average Bonchev–Trinajstić information content (AvgIpc) is 2.93. The van der Waals surface area contributed by atoms with Gasteiger partial charge in [-0.25, -0.2) is 0 Å². The molecule has 2 aliphatic rings. The summed E-state index contributed by atoms with van der Waals surface area (Å²) in [6, 6.07) is 0. The number of ether oxygens (including phenoxy) is 1. The van der Waals surface area contributed by atoms with Gasteiger partial charge in [0.25, 0.3) is 0 Å². The standard InChI is InChI=1S/C15H28N2O2/c1-4-19-11-13-5-7-17(9-13)14(18)10-16-8-6-15(2,3)12-16/h13H,4-12H2,1-3H3/t13-/m0/s1. The average molecular weight is 268 g/mol. The van der Waals surface area contributed by atoms with Crippen molar-refractivity contribution in [1.29, 1.82) is 0 Å². The van der Waals surface area contributed by atoms with Gasteiger partial charge in [0.15, 0.2) is 0 Å². The Morgan fingerprint density at radius 3 is 2.79 bits per heavy atom. The minimum atomic E-state index is 0.302. The zero-order chi connectivity index (χ0) is 13.9. The summed E-state index contributed by atoms with van der Waals surface area (Å²) in [6.07, 6.45) is 2.30. The molecule has 0 aromatic rings.